The first-order chi connectivity index (χ1) is 7.52. The minimum absolute atomic E-state index is 0.149. The second-order valence-corrected chi connectivity index (χ2v) is 5.86. The predicted octanol–water partition coefficient (Wildman–Crippen LogP) is 4.25. The summed E-state index contributed by atoms with van der Waals surface area (Å²) in [5.74, 6) is 0.692. The third-order valence-corrected chi connectivity index (χ3v) is 4.13. The van der Waals surface area contributed by atoms with E-state index >= 15 is 0 Å². The van der Waals surface area contributed by atoms with Gasteiger partial charge in [-0.2, -0.15) is 0 Å². The van der Waals surface area contributed by atoms with Crippen LogP contribution >= 0.6 is 0 Å². The molecular weight excluding hydrogens is 196 g/mol. The highest BCUT2D eigenvalue weighted by Crippen LogP contribution is 2.45. The quantitative estimate of drug-likeness (QED) is 0.600. The Bertz CT molecular complexity index is 322. The van der Waals surface area contributed by atoms with Crippen molar-refractivity contribution in [3.63, 3.8) is 0 Å². The lowest BCUT2D eigenvalue weighted by molar-refractivity contribution is -0.0480. The Morgan fingerprint density at radius 1 is 1.50 bits per heavy atom. The molecule has 0 unspecified atom stereocenters. The van der Waals surface area contributed by atoms with Crippen LogP contribution in [0.3, 0.4) is 0 Å². The zero-order valence-corrected chi connectivity index (χ0v) is 11.0. The van der Waals surface area contributed by atoms with Crippen molar-refractivity contribution in [2.45, 2.75) is 65.1 Å². The molecule has 90 valence electrons. The van der Waals surface area contributed by atoms with Crippen molar-refractivity contribution < 1.29 is 4.74 Å². The molecule has 0 aromatic rings. The van der Waals surface area contributed by atoms with E-state index in [1.54, 1.807) is 0 Å². The van der Waals surface area contributed by atoms with Crippen LogP contribution in [-0.2, 0) is 4.74 Å². The molecule has 1 fully saturated rings. The summed E-state index contributed by atoms with van der Waals surface area (Å²) in [4.78, 5) is 0. The average Bonchev–Trinajstić information content (AvgIpc) is 2.48. The van der Waals surface area contributed by atoms with Crippen LogP contribution in [0.5, 0.6) is 0 Å². The minimum Gasteiger partial charge on any atom is -0.367 e. The fraction of sp³-hybridized carbons (Fsp3) is 0.733. The highest BCUT2D eigenvalue weighted by atomic mass is 16.5. The van der Waals surface area contributed by atoms with Crippen LogP contribution < -0.4 is 0 Å². The van der Waals surface area contributed by atoms with Crippen molar-refractivity contribution in [1.82, 2.24) is 0 Å². The van der Waals surface area contributed by atoms with Gasteiger partial charge in [0.1, 0.15) is 0 Å². The summed E-state index contributed by atoms with van der Waals surface area (Å²) in [5.41, 5.74) is 3.06. The fourth-order valence-electron chi connectivity index (χ4n) is 3.02. The number of ether oxygens (including phenoxy) is 1. The van der Waals surface area contributed by atoms with Crippen LogP contribution in [0.4, 0.5) is 0 Å². The normalized spacial score (nSPS) is 38.6. The second-order valence-electron chi connectivity index (χ2n) is 5.86. The van der Waals surface area contributed by atoms with Gasteiger partial charge < -0.3 is 4.74 Å². The summed E-state index contributed by atoms with van der Waals surface area (Å²) >= 11 is 0. The van der Waals surface area contributed by atoms with Gasteiger partial charge in [0.05, 0.1) is 11.7 Å². The van der Waals surface area contributed by atoms with Crippen LogP contribution in [-0.4, -0.2) is 11.7 Å². The standard InChI is InChI=1S/C15H24O/c1-11(2)9-14-10-13(4)15(16-14)7-5-12(3)6-8-15/h5,9,13-14H,6-8,10H2,1-4H3/t13-,14+,15+/m0/s1. The van der Waals surface area contributed by atoms with Crippen LogP contribution in [0.25, 0.3) is 0 Å². The van der Waals surface area contributed by atoms with E-state index < -0.39 is 0 Å². The fourth-order valence-corrected chi connectivity index (χ4v) is 3.02. The zero-order chi connectivity index (χ0) is 11.8. The number of hydrogen-bond acceptors (Lipinski definition) is 1. The third-order valence-electron chi connectivity index (χ3n) is 4.13. The Balaban J connectivity index is 2.10. The van der Waals surface area contributed by atoms with Crippen LogP contribution in [0.2, 0.25) is 0 Å². The molecule has 0 saturated carbocycles. The van der Waals surface area contributed by atoms with Crippen LogP contribution in [0.15, 0.2) is 23.3 Å². The van der Waals surface area contributed by atoms with Crippen molar-refractivity contribution in [3.8, 4) is 0 Å². The van der Waals surface area contributed by atoms with Crippen molar-refractivity contribution in [3.05, 3.63) is 23.3 Å². The van der Waals surface area contributed by atoms with E-state index in [1.807, 2.05) is 0 Å². The van der Waals surface area contributed by atoms with Gasteiger partial charge in [0, 0.05) is 0 Å². The molecule has 2 rings (SSSR count). The van der Waals surface area contributed by atoms with E-state index in [0.29, 0.717) is 12.0 Å². The van der Waals surface area contributed by atoms with Gasteiger partial charge in [-0.25, -0.2) is 0 Å². The van der Waals surface area contributed by atoms with Crippen LogP contribution in [0, 0.1) is 5.92 Å². The lowest BCUT2D eigenvalue weighted by Crippen LogP contribution is -2.35. The van der Waals surface area contributed by atoms with E-state index in [0.717, 1.165) is 6.42 Å². The maximum atomic E-state index is 6.34. The molecule has 0 amide bonds. The van der Waals surface area contributed by atoms with Gasteiger partial charge in [0.2, 0.25) is 0 Å². The smallest absolute Gasteiger partial charge is 0.0769 e. The van der Waals surface area contributed by atoms with Gasteiger partial charge in [0.15, 0.2) is 0 Å². The predicted molar refractivity (Wildman–Crippen MR) is 68.4 cm³/mol. The molecule has 1 aliphatic heterocycles. The zero-order valence-electron chi connectivity index (χ0n) is 11.0. The van der Waals surface area contributed by atoms with Gasteiger partial charge in [-0.3, -0.25) is 0 Å². The molecule has 1 saturated heterocycles. The largest absolute Gasteiger partial charge is 0.367 e. The van der Waals surface area contributed by atoms with Crippen LogP contribution in [0.1, 0.15) is 53.4 Å². The van der Waals surface area contributed by atoms with Gasteiger partial charge >= 0.3 is 0 Å². The van der Waals surface area contributed by atoms with Crippen molar-refractivity contribution in [2.75, 3.05) is 0 Å². The van der Waals surface area contributed by atoms with Gasteiger partial charge in [-0.05, 0) is 52.4 Å². The second kappa shape index (κ2) is 4.37. The van der Waals surface area contributed by atoms with E-state index in [4.69, 9.17) is 4.74 Å². The Morgan fingerprint density at radius 2 is 2.25 bits per heavy atom. The first-order valence-electron chi connectivity index (χ1n) is 6.50. The lowest BCUT2D eigenvalue weighted by atomic mass is 9.77. The molecule has 0 N–H and O–H groups in total. The molecule has 2 aliphatic rings. The third kappa shape index (κ3) is 2.24. The maximum Gasteiger partial charge on any atom is 0.0769 e. The molecule has 0 radical (unpaired) electrons. The van der Waals surface area contributed by atoms with Gasteiger partial charge in [-0.1, -0.05) is 30.2 Å². The summed E-state index contributed by atoms with van der Waals surface area (Å²) in [7, 11) is 0. The molecule has 1 spiro atoms. The summed E-state index contributed by atoms with van der Waals surface area (Å²) < 4.78 is 6.34. The van der Waals surface area contributed by atoms with Crippen molar-refractivity contribution in [2.24, 2.45) is 5.92 Å². The van der Waals surface area contributed by atoms with E-state index in [-0.39, 0.29) is 5.60 Å². The van der Waals surface area contributed by atoms with Crippen molar-refractivity contribution in [1.29, 1.82) is 0 Å². The molecule has 1 heteroatoms. The molecule has 0 bridgehead atoms. The first-order valence-corrected chi connectivity index (χ1v) is 6.50. The Labute approximate surface area is 99.6 Å². The molecule has 16 heavy (non-hydrogen) atoms. The number of rotatable bonds is 1. The highest BCUT2D eigenvalue weighted by molar-refractivity contribution is 5.13. The minimum atomic E-state index is 0.149. The summed E-state index contributed by atoms with van der Waals surface area (Å²) in [5, 5.41) is 0. The Morgan fingerprint density at radius 3 is 2.81 bits per heavy atom. The molecule has 3 atom stereocenters. The van der Waals surface area contributed by atoms with Gasteiger partial charge in [-0.15, -0.1) is 0 Å². The molecule has 1 aliphatic carbocycles. The maximum absolute atomic E-state index is 6.34. The molecule has 0 aromatic carbocycles. The topological polar surface area (TPSA) is 9.23 Å². The molecular formula is C15H24O. The molecule has 1 heterocycles. The monoisotopic (exact) mass is 220 g/mol. The van der Waals surface area contributed by atoms with E-state index in [2.05, 4.69) is 39.8 Å². The van der Waals surface area contributed by atoms with E-state index in [9.17, 15) is 0 Å². The summed E-state index contributed by atoms with van der Waals surface area (Å²) in [6.07, 6.45) is 9.76. The first kappa shape index (κ1) is 11.9. The summed E-state index contributed by atoms with van der Waals surface area (Å²) in [6, 6.07) is 0. The summed E-state index contributed by atoms with van der Waals surface area (Å²) in [6.45, 7) is 8.90. The van der Waals surface area contributed by atoms with Crippen molar-refractivity contribution >= 4 is 0 Å². The number of hydrogen-bond donors (Lipinski definition) is 0. The van der Waals surface area contributed by atoms with E-state index in [1.165, 1.54) is 30.4 Å². The Hall–Kier alpha value is -0.560. The average molecular weight is 220 g/mol. The SMILES string of the molecule is CC(C)=C[C@@H]1C[C@H](C)[C@]2(CC=C(C)CC2)O1. The molecule has 0 aromatic heterocycles. The van der Waals surface area contributed by atoms with Gasteiger partial charge in [0.25, 0.3) is 0 Å². The lowest BCUT2D eigenvalue weighted by Gasteiger charge is -2.35. The Kier molecular flexibility index (Phi) is 3.25. The highest BCUT2D eigenvalue weighted by Gasteiger charge is 2.45. The number of allylic oxidation sites excluding steroid dienone is 2. The molecule has 1 nitrogen and oxygen atoms in total.